The maximum Gasteiger partial charge on any atom is 0.416 e. The summed E-state index contributed by atoms with van der Waals surface area (Å²) in [6, 6.07) is 16.0. The van der Waals surface area contributed by atoms with Gasteiger partial charge in [-0.3, -0.25) is 14.5 Å². The van der Waals surface area contributed by atoms with E-state index < -0.39 is 17.6 Å². The molecule has 2 aliphatic heterocycles. The van der Waals surface area contributed by atoms with Crippen LogP contribution in [0.3, 0.4) is 0 Å². The lowest BCUT2D eigenvalue weighted by Crippen LogP contribution is -2.46. The van der Waals surface area contributed by atoms with Crippen LogP contribution in [-0.2, 0) is 11.0 Å². The van der Waals surface area contributed by atoms with Gasteiger partial charge in [0.25, 0.3) is 5.91 Å². The minimum Gasteiger partial charge on any atom is -0.343 e. The van der Waals surface area contributed by atoms with E-state index in [2.05, 4.69) is 40.5 Å². The number of halogens is 3. The largest absolute Gasteiger partial charge is 0.416 e. The van der Waals surface area contributed by atoms with Crippen LogP contribution in [0.5, 0.6) is 0 Å². The van der Waals surface area contributed by atoms with Gasteiger partial charge in [0.1, 0.15) is 0 Å². The Morgan fingerprint density at radius 1 is 0.861 bits per heavy atom. The average molecular weight is 500 g/mol. The fourth-order valence-corrected chi connectivity index (χ4v) is 6.44. The molecule has 36 heavy (non-hydrogen) atoms. The molecule has 0 spiro atoms. The molecule has 192 valence electrons. The summed E-state index contributed by atoms with van der Waals surface area (Å²) < 4.78 is 38.8. The van der Waals surface area contributed by atoms with Gasteiger partial charge in [0, 0.05) is 36.8 Å². The zero-order chi connectivity index (χ0) is 25.3. The Hall–Kier alpha value is -2.87. The van der Waals surface area contributed by atoms with E-state index in [1.807, 2.05) is 4.90 Å². The van der Waals surface area contributed by atoms with E-state index in [0.29, 0.717) is 24.5 Å². The first-order valence-electron chi connectivity index (χ1n) is 12.9. The Balaban J connectivity index is 1.13. The predicted octanol–water partition coefficient (Wildman–Crippen LogP) is 4.84. The molecule has 2 aromatic carbocycles. The number of nitrogens with zero attached hydrogens (tertiary/aromatic N) is 2. The number of carbonyl (C=O) groups is 2. The number of amides is 2. The minimum atomic E-state index is -4.52. The summed E-state index contributed by atoms with van der Waals surface area (Å²) in [5, 5.41) is 2.52. The van der Waals surface area contributed by atoms with Gasteiger partial charge in [0.15, 0.2) is 0 Å². The summed E-state index contributed by atoms with van der Waals surface area (Å²) in [5.74, 6) is -0.214. The first kappa shape index (κ1) is 24.8. The zero-order valence-corrected chi connectivity index (χ0v) is 20.2. The van der Waals surface area contributed by atoms with Gasteiger partial charge in [0.05, 0.1) is 12.1 Å². The molecule has 0 aromatic heterocycles. The van der Waals surface area contributed by atoms with Crippen LogP contribution in [0.4, 0.5) is 13.2 Å². The second kappa shape index (κ2) is 10.2. The number of fused-ring (bicyclic) bond motifs is 1. The Kier molecular flexibility index (Phi) is 7.06. The number of carbonyl (C=O) groups excluding carboxylic acids is 2. The van der Waals surface area contributed by atoms with Crippen molar-refractivity contribution in [2.45, 2.75) is 68.7 Å². The lowest BCUT2D eigenvalue weighted by molar-refractivity contribution is -0.137. The lowest BCUT2D eigenvalue weighted by atomic mass is 9.81. The molecule has 3 aliphatic rings. The Bertz CT molecular complexity index is 1080. The van der Waals surface area contributed by atoms with Gasteiger partial charge >= 0.3 is 6.18 Å². The summed E-state index contributed by atoms with van der Waals surface area (Å²) in [6.07, 6.45) is 2.05. The molecule has 2 atom stereocenters. The normalized spacial score (nSPS) is 26.6. The quantitative estimate of drug-likeness (QED) is 0.641. The van der Waals surface area contributed by atoms with Crippen LogP contribution in [-0.4, -0.2) is 59.4 Å². The van der Waals surface area contributed by atoms with E-state index in [1.54, 1.807) is 0 Å². The van der Waals surface area contributed by atoms with Crippen molar-refractivity contribution in [3.8, 4) is 0 Å². The maximum absolute atomic E-state index is 12.9. The average Bonchev–Trinajstić information content (AvgIpc) is 3.50. The zero-order valence-electron chi connectivity index (χ0n) is 20.2. The lowest BCUT2D eigenvalue weighted by Gasteiger charge is -2.37. The molecule has 5 rings (SSSR count). The first-order valence-corrected chi connectivity index (χ1v) is 12.9. The van der Waals surface area contributed by atoms with Gasteiger partial charge in [-0.2, -0.15) is 13.2 Å². The monoisotopic (exact) mass is 499 g/mol. The summed E-state index contributed by atoms with van der Waals surface area (Å²) in [5.41, 5.74) is 0.447. The van der Waals surface area contributed by atoms with E-state index >= 15 is 0 Å². The van der Waals surface area contributed by atoms with Crippen LogP contribution in [0.15, 0.2) is 54.6 Å². The summed E-state index contributed by atoms with van der Waals surface area (Å²) in [6.45, 7) is 1.43. The van der Waals surface area contributed by atoms with E-state index in [9.17, 15) is 22.8 Å². The third kappa shape index (κ3) is 5.14. The van der Waals surface area contributed by atoms with Crippen LogP contribution >= 0.6 is 0 Å². The standard InChI is InChI=1S/C28H32F3N3O2/c29-28(30,31)22-8-4-7-21(17-22)27(36)32-18-26(35)34-16-14-24-25(34)13-15-33(24)23-11-9-20(10-12-23)19-5-2-1-3-6-19/h1-8,17,20,23-25H,9-16,18H2,(H,32,36)/t20-,23+,24?,25?. The van der Waals surface area contributed by atoms with E-state index in [0.717, 1.165) is 31.5 Å². The van der Waals surface area contributed by atoms with Gasteiger partial charge in [-0.25, -0.2) is 0 Å². The molecule has 2 saturated heterocycles. The highest BCUT2D eigenvalue weighted by atomic mass is 19.4. The van der Waals surface area contributed by atoms with E-state index in [4.69, 9.17) is 0 Å². The van der Waals surface area contributed by atoms with Gasteiger partial charge in [-0.05, 0) is 68.2 Å². The molecule has 2 amide bonds. The Morgan fingerprint density at radius 3 is 2.31 bits per heavy atom. The Labute approximate surface area is 209 Å². The molecule has 0 radical (unpaired) electrons. The minimum absolute atomic E-state index is 0.102. The summed E-state index contributed by atoms with van der Waals surface area (Å²) in [4.78, 5) is 29.8. The molecule has 5 nitrogen and oxygen atoms in total. The van der Waals surface area contributed by atoms with Crippen molar-refractivity contribution in [3.63, 3.8) is 0 Å². The van der Waals surface area contributed by atoms with Crippen molar-refractivity contribution in [2.24, 2.45) is 0 Å². The van der Waals surface area contributed by atoms with Crippen molar-refractivity contribution in [1.29, 1.82) is 0 Å². The third-order valence-electron chi connectivity index (χ3n) is 8.23. The molecular formula is C28H32F3N3O2. The molecule has 2 heterocycles. The number of benzene rings is 2. The number of nitrogens with one attached hydrogen (secondary N) is 1. The van der Waals surface area contributed by atoms with Gasteiger partial charge in [0.2, 0.25) is 5.91 Å². The molecule has 3 fully saturated rings. The highest BCUT2D eigenvalue weighted by Gasteiger charge is 2.46. The van der Waals surface area contributed by atoms with E-state index in [-0.39, 0.29) is 24.1 Å². The highest BCUT2D eigenvalue weighted by molar-refractivity contribution is 5.96. The third-order valence-corrected chi connectivity index (χ3v) is 8.23. The number of hydrogen-bond acceptors (Lipinski definition) is 3. The predicted molar refractivity (Wildman–Crippen MR) is 130 cm³/mol. The fourth-order valence-electron chi connectivity index (χ4n) is 6.44. The number of rotatable bonds is 5. The smallest absolute Gasteiger partial charge is 0.343 e. The molecule has 0 bridgehead atoms. The molecule has 1 N–H and O–H groups in total. The number of hydrogen-bond donors (Lipinski definition) is 1. The van der Waals surface area contributed by atoms with Crippen LogP contribution in [0.1, 0.15) is 65.9 Å². The van der Waals surface area contributed by atoms with Gasteiger partial charge in [-0.1, -0.05) is 36.4 Å². The molecule has 1 aliphatic carbocycles. The second-order valence-corrected chi connectivity index (χ2v) is 10.2. The van der Waals surface area contributed by atoms with Crippen molar-refractivity contribution in [1.82, 2.24) is 15.1 Å². The summed E-state index contributed by atoms with van der Waals surface area (Å²) >= 11 is 0. The Morgan fingerprint density at radius 2 is 1.58 bits per heavy atom. The van der Waals surface area contributed by atoms with Crippen LogP contribution in [0, 0.1) is 0 Å². The molecular weight excluding hydrogens is 467 g/mol. The maximum atomic E-state index is 12.9. The molecule has 2 aromatic rings. The first-order chi connectivity index (χ1) is 17.3. The van der Waals surface area contributed by atoms with Gasteiger partial charge in [-0.15, -0.1) is 0 Å². The van der Waals surface area contributed by atoms with Crippen molar-refractivity contribution < 1.29 is 22.8 Å². The van der Waals surface area contributed by atoms with Crippen LogP contribution < -0.4 is 5.32 Å². The number of likely N-dealkylation sites (tertiary alicyclic amines) is 2. The summed E-state index contributed by atoms with van der Waals surface area (Å²) in [7, 11) is 0. The molecule has 1 saturated carbocycles. The van der Waals surface area contributed by atoms with Gasteiger partial charge < -0.3 is 10.2 Å². The van der Waals surface area contributed by atoms with Crippen molar-refractivity contribution in [2.75, 3.05) is 19.6 Å². The van der Waals surface area contributed by atoms with Crippen LogP contribution in [0.25, 0.3) is 0 Å². The topological polar surface area (TPSA) is 52.7 Å². The van der Waals surface area contributed by atoms with Crippen molar-refractivity contribution in [3.05, 3.63) is 71.3 Å². The van der Waals surface area contributed by atoms with Crippen LogP contribution in [0.2, 0.25) is 0 Å². The second-order valence-electron chi connectivity index (χ2n) is 10.2. The van der Waals surface area contributed by atoms with Crippen molar-refractivity contribution >= 4 is 11.8 Å². The molecule has 2 unspecified atom stereocenters. The number of alkyl halides is 3. The SMILES string of the molecule is O=C(NCC(=O)N1CCC2C1CCN2[C@H]1CC[C@@H](c2ccccc2)CC1)c1cccc(C(F)(F)F)c1. The highest BCUT2D eigenvalue weighted by Crippen LogP contribution is 2.40. The van der Waals surface area contributed by atoms with E-state index in [1.165, 1.54) is 43.4 Å². The fraction of sp³-hybridized carbons (Fsp3) is 0.500. The molecule has 8 heteroatoms.